The van der Waals surface area contributed by atoms with Crippen molar-refractivity contribution in [2.45, 2.75) is 51.5 Å². The first-order chi connectivity index (χ1) is 8.04. The molecule has 0 amide bonds. The maximum atomic E-state index is 11.6. The zero-order valence-corrected chi connectivity index (χ0v) is 11.6. The lowest BCUT2D eigenvalue weighted by Gasteiger charge is -2.43. The lowest BCUT2D eigenvalue weighted by Crippen LogP contribution is -2.49. The van der Waals surface area contributed by atoms with Crippen LogP contribution in [0, 0.1) is 17.8 Å². The Morgan fingerprint density at radius 3 is 2.59 bits per heavy atom. The van der Waals surface area contributed by atoms with Crippen LogP contribution in [-0.2, 0) is 10.2 Å². The van der Waals surface area contributed by atoms with Crippen molar-refractivity contribution >= 4 is 10.2 Å². The molecule has 0 aromatic carbocycles. The van der Waals surface area contributed by atoms with E-state index < -0.39 is 10.2 Å². The van der Waals surface area contributed by atoms with Gasteiger partial charge in [-0.3, -0.25) is 0 Å². The summed E-state index contributed by atoms with van der Waals surface area (Å²) in [4.78, 5) is 0. The Bertz CT molecular complexity index is 356. The minimum absolute atomic E-state index is 0.151. The molecule has 2 rings (SSSR count). The highest BCUT2D eigenvalue weighted by Crippen LogP contribution is 2.43. The van der Waals surface area contributed by atoms with Crippen LogP contribution in [0.3, 0.4) is 0 Å². The van der Waals surface area contributed by atoms with Gasteiger partial charge in [0.15, 0.2) is 0 Å². The van der Waals surface area contributed by atoms with Crippen LogP contribution in [0.5, 0.6) is 0 Å². The van der Waals surface area contributed by atoms with Crippen LogP contribution in [0.4, 0.5) is 0 Å². The lowest BCUT2D eigenvalue weighted by atomic mass is 9.65. The second-order valence-corrected chi connectivity index (χ2v) is 7.27. The Morgan fingerprint density at radius 2 is 1.94 bits per heavy atom. The Hall–Kier alpha value is -0.130. The maximum absolute atomic E-state index is 11.6. The van der Waals surface area contributed by atoms with Gasteiger partial charge < -0.3 is 0 Å². The Balaban J connectivity index is 2.00. The van der Waals surface area contributed by atoms with E-state index in [1.54, 1.807) is 0 Å². The summed E-state index contributed by atoms with van der Waals surface area (Å²) in [6.07, 6.45) is 7.20. The fourth-order valence-corrected chi connectivity index (χ4v) is 4.40. The minimum Gasteiger partial charge on any atom is -0.205 e. The van der Waals surface area contributed by atoms with Crippen molar-refractivity contribution in [1.82, 2.24) is 9.44 Å². The summed E-state index contributed by atoms with van der Waals surface area (Å²) in [7, 11) is -1.82. The Morgan fingerprint density at radius 1 is 1.18 bits per heavy atom. The van der Waals surface area contributed by atoms with Crippen molar-refractivity contribution in [3.8, 4) is 0 Å². The first kappa shape index (κ1) is 13.3. The van der Waals surface area contributed by atoms with Crippen LogP contribution in [0.25, 0.3) is 0 Å². The summed E-state index contributed by atoms with van der Waals surface area (Å²) in [5, 5.41) is 0. The third-order valence-electron chi connectivity index (χ3n) is 4.55. The number of nitrogens with one attached hydrogen (secondary N) is 2. The second kappa shape index (κ2) is 5.24. The van der Waals surface area contributed by atoms with Gasteiger partial charge in [0.2, 0.25) is 0 Å². The molecule has 4 nitrogen and oxygen atoms in total. The third kappa shape index (κ3) is 3.20. The summed E-state index contributed by atoms with van der Waals surface area (Å²) in [5.74, 6) is 2.20. The maximum Gasteiger partial charge on any atom is 0.276 e. The topological polar surface area (TPSA) is 58.2 Å². The van der Waals surface area contributed by atoms with E-state index in [1.807, 2.05) is 0 Å². The van der Waals surface area contributed by atoms with E-state index in [0.29, 0.717) is 5.92 Å². The molecule has 0 radical (unpaired) electrons. The molecule has 0 heterocycles. The molecule has 2 bridgehead atoms. The Kier molecular flexibility index (Phi) is 4.10. The average Bonchev–Trinajstić information content (AvgIpc) is 2.32. The van der Waals surface area contributed by atoms with Crippen LogP contribution < -0.4 is 9.44 Å². The molecule has 2 aliphatic rings. The van der Waals surface area contributed by atoms with Crippen molar-refractivity contribution in [3.05, 3.63) is 0 Å². The largest absolute Gasteiger partial charge is 0.276 e. The molecule has 0 aromatic heterocycles. The first-order valence-electron chi connectivity index (χ1n) is 6.74. The molecule has 2 saturated carbocycles. The van der Waals surface area contributed by atoms with Crippen LogP contribution in [0.1, 0.15) is 45.4 Å². The van der Waals surface area contributed by atoms with E-state index in [9.17, 15) is 8.42 Å². The van der Waals surface area contributed by atoms with E-state index in [4.69, 9.17) is 0 Å². The molecular formula is C12H24N2O2S. The molecule has 0 spiro atoms. The van der Waals surface area contributed by atoms with Gasteiger partial charge >= 0.3 is 0 Å². The highest BCUT2D eigenvalue weighted by atomic mass is 32.2. The lowest BCUT2D eigenvalue weighted by molar-refractivity contribution is 0.109. The molecule has 0 aliphatic heterocycles. The van der Waals surface area contributed by atoms with E-state index in [2.05, 4.69) is 16.4 Å². The van der Waals surface area contributed by atoms with Gasteiger partial charge in [0.1, 0.15) is 0 Å². The van der Waals surface area contributed by atoms with E-state index in [0.717, 1.165) is 18.3 Å². The minimum atomic E-state index is -3.28. The first-order valence-corrected chi connectivity index (χ1v) is 8.23. The van der Waals surface area contributed by atoms with E-state index >= 15 is 0 Å². The van der Waals surface area contributed by atoms with Gasteiger partial charge in [0, 0.05) is 13.1 Å². The molecule has 2 fully saturated rings. The second-order valence-electron chi connectivity index (χ2n) is 5.62. The van der Waals surface area contributed by atoms with Crippen molar-refractivity contribution in [2.75, 3.05) is 7.05 Å². The monoisotopic (exact) mass is 260 g/mol. The quantitative estimate of drug-likeness (QED) is 0.807. The highest BCUT2D eigenvalue weighted by Gasteiger charge is 2.38. The van der Waals surface area contributed by atoms with Gasteiger partial charge in [-0.1, -0.05) is 13.3 Å². The Labute approximate surface area is 105 Å². The molecule has 2 N–H and O–H groups in total. The smallest absolute Gasteiger partial charge is 0.205 e. The van der Waals surface area contributed by atoms with Crippen molar-refractivity contribution in [3.63, 3.8) is 0 Å². The fraction of sp³-hybridized carbons (Fsp3) is 1.00. The zero-order valence-electron chi connectivity index (χ0n) is 10.8. The van der Waals surface area contributed by atoms with Crippen molar-refractivity contribution < 1.29 is 8.42 Å². The summed E-state index contributed by atoms with van der Waals surface area (Å²) in [5.41, 5.74) is 0. The fourth-order valence-electron chi connectivity index (χ4n) is 3.58. The molecular weight excluding hydrogens is 236 g/mol. The molecule has 17 heavy (non-hydrogen) atoms. The molecule has 4 unspecified atom stereocenters. The summed E-state index contributed by atoms with van der Waals surface area (Å²) in [6, 6.07) is 0.151. The zero-order chi connectivity index (χ0) is 12.5. The van der Waals surface area contributed by atoms with Crippen molar-refractivity contribution in [1.29, 1.82) is 0 Å². The van der Waals surface area contributed by atoms with Crippen LogP contribution in [-0.4, -0.2) is 21.5 Å². The van der Waals surface area contributed by atoms with Gasteiger partial charge in [-0.15, -0.1) is 0 Å². The van der Waals surface area contributed by atoms with E-state index in [-0.39, 0.29) is 6.04 Å². The highest BCUT2D eigenvalue weighted by molar-refractivity contribution is 7.87. The average molecular weight is 260 g/mol. The van der Waals surface area contributed by atoms with Crippen LogP contribution in [0.15, 0.2) is 0 Å². The number of hydrogen-bond donors (Lipinski definition) is 2. The van der Waals surface area contributed by atoms with Gasteiger partial charge in [-0.05, 0) is 49.9 Å². The SMILES string of the molecule is CCC1CC2CCC(NS(=O)(=O)NC)C(C1)C2. The number of fused-ring (bicyclic) bond motifs is 2. The van der Waals surface area contributed by atoms with Crippen LogP contribution in [0.2, 0.25) is 0 Å². The van der Waals surface area contributed by atoms with E-state index in [1.165, 1.54) is 39.2 Å². The van der Waals surface area contributed by atoms with Gasteiger partial charge in [-0.25, -0.2) is 4.72 Å². The predicted octanol–water partition coefficient (Wildman–Crippen LogP) is 1.65. The molecule has 4 atom stereocenters. The summed E-state index contributed by atoms with van der Waals surface area (Å²) in [6.45, 7) is 2.25. The summed E-state index contributed by atoms with van der Waals surface area (Å²) >= 11 is 0. The van der Waals surface area contributed by atoms with Gasteiger partial charge in [0.25, 0.3) is 10.2 Å². The van der Waals surface area contributed by atoms with Gasteiger partial charge in [0.05, 0.1) is 0 Å². The molecule has 0 aromatic rings. The number of rotatable bonds is 4. The standard InChI is InChI=1S/C12H24N2O2S/c1-3-9-6-10-4-5-12(11(7-9)8-10)14-17(15,16)13-2/h9-14H,3-8H2,1-2H3. The van der Waals surface area contributed by atoms with Crippen molar-refractivity contribution in [2.24, 2.45) is 17.8 Å². The molecule has 5 heteroatoms. The molecule has 2 aliphatic carbocycles. The van der Waals surface area contributed by atoms with Gasteiger partial charge in [-0.2, -0.15) is 13.1 Å². The van der Waals surface area contributed by atoms with Crippen LogP contribution >= 0.6 is 0 Å². The summed E-state index contributed by atoms with van der Waals surface area (Å²) < 4.78 is 28.3. The molecule has 0 saturated heterocycles. The normalized spacial score (nSPS) is 38.0. The number of hydrogen-bond acceptors (Lipinski definition) is 2. The molecule has 100 valence electrons. The third-order valence-corrected chi connectivity index (χ3v) is 5.70. The predicted molar refractivity (Wildman–Crippen MR) is 68.7 cm³/mol.